The van der Waals surface area contributed by atoms with Crippen LogP contribution in [0.15, 0.2) is 23.1 Å². The summed E-state index contributed by atoms with van der Waals surface area (Å²) in [6.07, 6.45) is -0.000754. The Hall–Kier alpha value is -1.44. The smallest absolute Gasteiger partial charge is 0.243 e. The van der Waals surface area contributed by atoms with Gasteiger partial charge in [0.1, 0.15) is 0 Å². The molecule has 0 aromatic heterocycles. The third kappa shape index (κ3) is 4.10. The highest BCUT2D eigenvalue weighted by Gasteiger charge is 2.32. The van der Waals surface area contributed by atoms with E-state index in [1.165, 1.54) is 4.31 Å². The molecule has 1 N–H and O–H groups in total. The first-order valence-corrected chi connectivity index (χ1v) is 9.27. The van der Waals surface area contributed by atoms with Crippen LogP contribution in [-0.2, 0) is 14.8 Å². The number of sulfonamides is 1. The second kappa shape index (κ2) is 6.98. The molecule has 1 aliphatic heterocycles. The molecule has 23 heavy (non-hydrogen) atoms. The van der Waals surface area contributed by atoms with E-state index in [4.69, 9.17) is 0 Å². The van der Waals surface area contributed by atoms with E-state index in [2.05, 4.69) is 0 Å². The molecular formula is C16H24N2O4S. The van der Waals surface area contributed by atoms with Crippen LogP contribution in [0, 0.1) is 13.8 Å². The number of aliphatic carboxylic acids is 1. The first kappa shape index (κ1) is 17.9. The molecule has 7 heteroatoms. The molecule has 1 saturated heterocycles. The van der Waals surface area contributed by atoms with Gasteiger partial charge in [0.05, 0.1) is 37.1 Å². The van der Waals surface area contributed by atoms with Gasteiger partial charge in [-0.3, -0.25) is 0 Å². The second-order valence-electron chi connectivity index (χ2n) is 6.29. The maximum atomic E-state index is 12.7. The zero-order valence-corrected chi connectivity index (χ0v) is 14.6. The fourth-order valence-electron chi connectivity index (χ4n) is 2.92. The largest absolute Gasteiger partial charge is 0.550 e. The quantitative estimate of drug-likeness (QED) is 0.724. The maximum absolute atomic E-state index is 12.7. The standard InChI is InChI=1S/C16H24N2O4S/c1-12-4-5-15(10-13(12)2)23(21,22)18-8-6-17(7-9-18)14(3)11-16(19)20/h4-5,10,14H,6-9,11H2,1-3H3,(H,19,20)/t14-/m0/s1. The van der Waals surface area contributed by atoms with E-state index in [1.54, 1.807) is 12.1 Å². The van der Waals surface area contributed by atoms with Crippen LogP contribution in [0.2, 0.25) is 0 Å². The van der Waals surface area contributed by atoms with Crippen molar-refractivity contribution in [3.05, 3.63) is 29.3 Å². The number of hydrogen-bond donors (Lipinski definition) is 1. The number of hydrogen-bond acceptors (Lipinski definition) is 4. The molecule has 1 aromatic carbocycles. The number of carboxylic acid groups (broad SMARTS) is 1. The molecule has 0 spiro atoms. The van der Waals surface area contributed by atoms with Gasteiger partial charge >= 0.3 is 0 Å². The van der Waals surface area contributed by atoms with Gasteiger partial charge < -0.3 is 14.8 Å². The lowest BCUT2D eigenvalue weighted by Crippen LogP contribution is -3.18. The molecule has 0 unspecified atom stereocenters. The molecule has 128 valence electrons. The van der Waals surface area contributed by atoms with Gasteiger partial charge in [0.25, 0.3) is 0 Å². The van der Waals surface area contributed by atoms with Gasteiger partial charge in [-0.15, -0.1) is 0 Å². The Kier molecular flexibility index (Phi) is 5.44. The van der Waals surface area contributed by atoms with Crippen LogP contribution in [0.1, 0.15) is 24.5 Å². The lowest BCUT2D eigenvalue weighted by atomic mass is 10.1. The van der Waals surface area contributed by atoms with E-state index in [9.17, 15) is 18.3 Å². The van der Waals surface area contributed by atoms with Crippen molar-refractivity contribution in [2.24, 2.45) is 0 Å². The Bertz CT molecular complexity index is 679. The van der Waals surface area contributed by atoms with E-state index in [1.807, 2.05) is 26.8 Å². The molecule has 0 bridgehead atoms. The highest BCUT2D eigenvalue weighted by Crippen LogP contribution is 2.19. The van der Waals surface area contributed by atoms with Gasteiger partial charge in [-0.2, -0.15) is 4.31 Å². The summed E-state index contributed by atoms with van der Waals surface area (Å²) in [5.74, 6) is -1.06. The number of piperazine rings is 1. The summed E-state index contributed by atoms with van der Waals surface area (Å²) in [6.45, 7) is 7.74. The molecule has 1 aromatic rings. The normalized spacial score (nSPS) is 18.7. The van der Waals surface area contributed by atoms with Gasteiger partial charge in [0, 0.05) is 12.4 Å². The van der Waals surface area contributed by atoms with E-state index >= 15 is 0 Å². The lowest BCUT2D eigenvalue weighted by Gasteiger charge is -2.35. The first-order valence-electron chi connectivity index (χ1n) is 7.83. The van der Waals surface area contributed by atoms with Crippen molar-refractivity contribution in [1.29, 1.82) is 0 Å². The molecule has 2 rings (SSSR count). The highest BCUT2D eigenvalue weighted by atomic mass is 32.2. The van der Waals surface area contributed by atoms with Gasteiger partial charge in [-0.25, -0.2) is 8.42 Å². The van der Waals surface area contributed by atoms with E-state index in [0.29, 0.717) is 31.1 Å². The topological polar surface area (TPSA) is 82.0 Å². The maximum Gasteiger partial charge on any atom is 0.243 e. The predicted molar refractivity (Wildman–Crippen MR) is 84.5 cm³/mol. The van der Waals surface area contributed by atoms with Crippen molar-refractivity contribution >= 4 is 16.0 Å². The minimum atomic E-state index is -3.48. The molecule has 1 fully saturated rings. The molecule has 0 amide bonds. The monoisotopic (exact) mass is 340 g/mol. The minimum absolute atomic E-state index is 0.000754. The molecule has 0 radical (unpaired) electrons. The number of nitrogens with zero attached hydrogens (tertiary/aromatic N) is 1. The van der Waals surface area contributed by atoms with E-state index in [0.717, 1.165) is 16.0 Å². The van der Waals surface area contributed by atoms with Crippen molar-refractivity contribution in [1.82, 2.24) is 4.31 Å². The second-order valence-corrected chi connectivity index (χ2v) is 8.22. The average molecular weight is 340 g/mol. The number of rotatable bonds is 5. The lowest BCUT2D eigenvalue weighted by molar-refractivity contribution is -0.926. The molecule has 0 aliphatic carbocycles. The Labute approximate surface area is 137 Å². The van der Waals surface area contributed by atoms with Crippen molar-refractivity contribution in [2.75, 3.05) is 26.2 Å². The number of carbonyl (C=O) groups excluding carboxylic acids is 1. The number of carboxylic acids is 1. The first-order chi connectivity index (χ1) is 10.7. The Morgan fingerprint density at radius 2 is 1.87 bits per heavy atom. The van der Waals surface area contributed by atoms with Gasteiger partial charge in [0.2, 0.25) is 10.0 Å². The SMILES string of the molecule is Cc1ccc(S(=O)(=O)N2CC[NH+]([C@@H](C)CC(=O)[O-])CC2)cc1C. The third-order valence-electron chi connectivity index (χ3n) is 4.65. The molecule has 0 saturated carbocycles. The minimum Gasteiger partial charge on any atom is -0.550 e. The van der Waals surface area contributed by atoms with Crippen LogP contribution in [0.25, 0.3) is 0 Å². The van der Waals surface area contributed by atoms with Gasteiger partial charge in [0.15, 0.2) is 0 Å². The number of quaternary nitrogens is 1. The van der Waals surface area contributed by atoms with Gasteiger partial charge in [-0.05, 0) is 44.0 Å². The van der Waals surface area contributed by atoms with Crippen molar-refractivity contribution in [3.8, 4) is 0 Å². The number of nitrogens with one attached hydrogen (secondary N) is 1. The van der Waals surface area contributed by atoms with Crippen molar-refractivity contribution in [2.45, 2.75) is 38.1 Å². The van der Waals surface area contributed by atoms with Crippen LogP contribution in [0.4, 0.5) is 0 Å². The summed E-state index contributed by atoms with van der Waals surface area (Å²) < 4.78 is 26.9. The van der Waals surface area contributed by atoms with E-state index < -0.39 is 16.0 Å². The average Bonchev–Trinajstić information content (AvgIpc) is 2.49. The Balaban J connectivity index is 2.06. The number of carbonyl (C=O) groups is 1. The summed E-state index contributed by atoms with van der Waals surface area (Å²) >= 11 is 0. The molecule has 1 aliphatic rings. The van der Waals surface area contributed by atoms with Crippen LogP contribution in [0.5, 0.6) is 0 Å². The number of benzene rings is 1. The fourth-order valence-corrected chi connectivity index (χ4v) is 4.45. The van der Waals surface area contributed by atoms with Crippen LogP contribution in [0.3, 0.4) is 0 Å². The summed E-state index contributed by atoms with van der Waals surface area (Å²) in [6, 6.07) is 5.12. The summed E-state index contributed by atoms with van der Waals surface area (Å²) in [5.41, 5.74) is 2.02. The van der Waals surface area contributed by atoms with E-state index in [-0.39, 0.29) is 12.5 Å². The Morgan fingerprint density at radius 3 is 2.39 bits per heavy atom. The van der Waals surface area contributed by atoms with Crippen LogP contribution in [-0.4, -0.2) is 50.9 Å². The zero-order chi connectivity index (χ0) is 17.2. The predicted octanol–water partition coefficient (Wildman–Crippen LogP) is -1.28. The van der Waals surface area contributed by atoms with Crippen LogP contribution >= 0.6 is 0 Å². The van der Waals surface area contributed by atoms with Crippen LogP contribution < -0.4 is 10.0 Å². The van der Waals surface area contributed by atoms with Gasteiger partial charge in [-0.1, -0.05) is 6.07 Å². The fraction of sp³-hybridized carbons (Fsp3) is 0.562. The third-order valence-corrected chi connectivity index (χ3v) is 6.55. The number of aryl methyl sites for hydroxylation is 2. The van der Waals surface area contributed by atoms with Crippen molar-refractivity contribution < 1.29 is 23.2 Å². The summed E-state index contributed by atoms with van der Waals surface area (Å²) in [5, 5.41) is 10.7. The van der Waals surface area contributed by atoms with Crippen molar-refractivity contribution in [3.63, 3.8) is 0 Å². The summed E-state index contributed by atoms with van der Waals surface area (Å²) in [4.78, 5) is 12.1. The molecule has 6 nitrogen and oxygen atoms in total. The Morgan fingerprint density at radius 1 is 1.26 bits per heavy atom. The molecule has 1 atom stereocenters. The summed E-state index contributed by atoms with van der Waals surface area (Å²) in [7, 11) is -3.48. The zero-order valence-electron chi connectivity index (χ0n) is 13.8. The highest BCUT2D eigenvalue weighted by molar-refractivity contribution is 7.89. The molecule has 1 heterocycles. The molecular weight excluding hydrogens is 316 g/mol.